The first kappa shape index (κ1) is 25.7. The minimum Gasteiger partial charge on any atom is -0.484 e. The fourth-order valence-electron chi connectivity index (χ4n) is 2.72. The van der Waals surface area contributed by atoms with Crippen LogP contribution in [0.1, 0.15) is 25.7 Å². The van der Waals surface area contributed by atoms with Gasteiger partial charge in [0.1, 0.15) is 11.9 Å². The van der Waals surface area contributed by atoms with Gasteiger partial charge in [0.25, 0.3) is 11.8 Å². The van der Waals surface area contributed by atoms with Crippen molar-refractivity contribution in [2.45, 2.75) is 44.2 Å². The van der Waals surface area contributed by atoms with E-state index in [1.165, 1.54) is 0 Å². The molecule has 0 radical (unpaired) electrons. The first-order valence-corrected chi connectivity index (χ1v) is 10.1. The first-order valence-electron chi connectivity index (χ1n) is 9.71. The molecule has 0 aromatic heterocycles. The fourth-order valence-corrected chi connectivity index (χ4v) is 2.84. The van der Waals surface area contributed by atoms with Crippen molar-refractivity contribution in [3.05, 3.63) is 29.3 Å². The molecule has 2 rings (SSSR count). The predicted octanol–water partition coefficient (Wildman–Crippen LogP) is 1.85. The van der Waals surface area contributed by atoms with Crippen molar-refractivity contribution in [3.63, 3.8) is 0 Å². The Bertz CT molecular complexity index is 771. The molecule has 1 aliphatic heterocycles. The van der Waals surface area contributed by atoms with Crippen molar-refractivity contribution in [2.75, 3.05) is 19.8 Å². The number of hydrazine groups is 1. The molecular weight excluding hydrogens is 459 g/mol. The molecule has 3 N–H and O–H groups in total. The topological polar surface area (TPSA) is 115 Å². The van der Waals surface area contributed by atoms with Crippen LogP contribution in [0.2, 0.25) is 5.02 Å². The van der Waals surface area contributed by atoms with Crippen molar-refractivity contribution >= 4 is 29.3 Å². The highest BCUT2D eigenvalue weighted by atomic mass is 35.5. The third-order valence-electron chi connectivity index (χ3n) is 4.26. The number of carbonyl (C=O) groups excluding carboxylic acids is 3. The Morgan fingerprint density at radius 3 is 2.44 bits per heavy atom. The van der Waals surface area contributed by atoms with Crippen LogP contribution < -0.4 is 20.9 Å². The van der Waals surface area contributed by atoms with Gasteiger partial charge in [-0.05, 0) is 43.5 Å². The van der Waals surface area contributed by atoms with E-state index in [9.17, 15) is 27.6 Å². The molecule has 9 nitrogen and oxygen atoms in total. The van der Waals surface area contributed by atoms with Gasteiger partial charge in [-0.25, -0.2) is 0 Å². The normalized spacial score (nSPS) is 18.5. The average Bonchev–Trinajstić information content (AvgIpc) is 2.74. The molecule has 13 heteroatoms. The molecule has 0 spiro atoms. The van der Waals surface area contributed by atoms with Crippen LogP contribution in [0.3, 0.4) is 0 Å². The lowest BCUT2D eigenvalue weighted by molar-refractivity contribution is -0.324. The molecule has 1 fully saturated rings. The molecule has 1 aromatic rings. The maximum Gasteiger partial charge on any atom is 0.522 e. The molecule has 1 aliphatic rings. The van der Waals surface area contributed by atoms with Gasteiger partial charge in [-0.3, -0.25) is 30.0 Å². The van der Waals surface area contributed by atoms with Crippen LogP contribution in [0.4, 0.5) is 13.2 Å². The lowest BCUT2D eigenvalue weighted by Gasteiger charge is -2.28. The lowest BCUT2D eigenvalue weighted by atomic mass is 10.0. The molecule has 3 amide bonds. The maximum absolute atomic E-state index is 12.0. The zero-order valence-electron chi connectivity index (χ0n) is 16.9. The molecule has 1 saturated heterocycles. The summed E-state index contributed by atoms with van der Waals surface area (Å²) >= 11 is 5.78. The van der Waals surface area contributed by atoms with Gasteiger partial charge >= 0.3 is 6.36 Å². The van der Waals surface area contributed by atoms with E-state index in [-0.39, 0.29) is 38.0 Å². The Morgan fingerprint density at radius 2 is 1.81 bits per heavy atom. The van der Waals surface area contributed by atoms with Crippen molar-refractivity contribution in [3.8, 4) is 5.75 Å². The van der Waals surface area contributed by atoms with Crippen LogP contribution in [-0.2, 0) is 23.9 Å². The van der Waals surface area contributed by atoms with Gasteiger partial charge in [0.15, 0.2) is 6.61 Å². The molecule has 2 atom stereocenters. The Hall–Kier alpha value is -2.57. The zero-order chi connectivity index (χ0) is 23.6. The molecule has 32 heavy (non-hydrogen) atoms. The van der Waals surface area contributed by atoms with Crippen molar-refractivity contribution in [1.29, 1.82) is 0 Å². The minimum atomic E-state index is -4.75. The van der Waals surface area contributed by atoms with Crippen LogP contribution in [0.15, 0.2) is 24.3 Å². The van der Waals surface area contributed by atoms with E-state index in [0.29, 0.717) is 23.6 Å². The van der Waals surface area contributed by atoms with Crippen LogP contribution in [0.5, 0.6) is 5.75 Å². The van der Waals surface area contributed by atoms with Gasteiger partial charge < -0.3 is 14.8 Å². The molecule has 1 heterocycles. The highest BCUT2D eigenvalue weighted by Gasteiger charge is 2.29. The van der Waals surface area contributed by atoms with Crippen molar-refractivity contribution < 1.29 is 41.8 Å². The number of rotatable bonds is 9. The fraction of sp³-hybridized carbons (Fsp3) is 0.526. The molecular formula is C19H23ClF3N3O6. The van der Waals surface area contributed by atoms with Gasteiger partial charge in [-0.15, -0.1) is 13.2 Å². The summed E-state index contributed by atoms with van der Waals surface area (Å²) in [5.74, 6) is -1.11. The van der Waals surface area contributed by atoms with Crippen molar-refractivity contribution in [2.24, 2.45) is 0 Å². The number of hydrogen-bond acceptors (Lipinski definition) is 6. The third-order valence-corrected chi connectivity index (χ3v) is 4.51. The number of ether oxygens (including phenoxy) is 3. The third kappa shape index (κ3) is 10.2. The molecule has 1 aromatic carbocycles. The average molecular weight is 482 g/mol. The Morgan fingerprint density at radius 1 is 1.09 bits per heavy atom. The molecule has 0 unspecified atom stereocenters. The number of carbonyl (C=O) groups is 3. The lowest BCUT2D eigenvalue weighted by Crippen LogP contribution is -2.51. The number of amides is 3. The van der Waals surface area contributed by atoms with Crippen LogP contribution >= 0.6 is 11.6 Å². The summed E-state index contributed by atoms with van der Waals surface area (Å²) in [5.41, 5.74) is 4.27. The summed E-state index contributed by atoms with van der Waals surface area (Å²) < 4.78 is 49.8. The van der Waals surface area contributed by atoms with Gasteiger partial charge in [-0.2, -0.15) is 0 Å². The quantitative estimate of drug-likeness (QED) is 0.366. The molecule has 0 saturated carbocycles. The van der Waals surface area contributed by atoms with Gasteiger partial charge in [-0.1, -0.05) is 11.6 Å². The van der Waals surface area contributed by atoms with E-state index in [0.717, 1.165) is 0 Å². The number of halogens is 4. The van der Waals surface area contributed by atoms with Gasteiger partial charge in [0.05, 0.1) is 19.3 Å². The second kappa shape index (κ2) is 12.5. The minimum absolute atomic E-state index is 0.0908. The predicted molar refractivity (Wildman–Crippen MR) is 105 cm³/mol. The van der Waals surface area contributed by atoms with E-state index >= 15 is 0 Å². The summed E-state index contributed by atoms with van der Waals surface area (Å²) in [6.07, 6.45) is -5.23. The zero-order valence-corrected chi connectivity index (χ0v) is 17.6. The van der Waals surface area contributed by atoms with Gasteiger partial charge in [0, 0.05) is 11.4 Å². The standard InChI is InChI=1S/C19H23ClF3N3O6/c20-12-3-6-14(7-4-12)30-11-17(28)24-13-5-8-15(31-10-13)18(29)26-25-16(27)2-1-9-32-19(21,22)23/h3-4,6-7,13,15H,1-2,5,8-11H2,(H,24,28)(H,25,27)(H,26,29)/t13-,15+/m0/s1. The number of alkyl halides is 3. The Balaban J connectivity index is 1.58. The molecule has 0 bridgehead atoms. The Kier molecular flexibility index (Phi) is 10.0. The highest BCUT2D eigenvalue weighted by Crippen LogP contribution is 2.17. The molecule has 178 valence electrons. The maximum atomic E-state index is 12.0. The van der Waals surface area contributed by atoms with E-state index in [1.807, 2.05) is 0 Å². The van der Waals surface area contributed by atoms with E-state index < -0.39 is 30.9 Å². The summed E-state index contributed by atoms with van der Waals surface area (Å²) in [4.78, 5) is 35.6. The van der Waals surface area contributed by atoms with Crippen LogP contribution in [-0.4, -0.2) is 56.1 Å². The molecule has 0 aliphatic carbocycles. The number of nitrogens with one attached hydrogen (secondary N) is 3. The second-order valence-electron chi connectivity index (χ2n) is 6.84. The Labute approximate surface area is 186 Å². The van der Waals surface area contributed by atoms with E-state index in [4.69, 9.17) is 21.1 Å². The summed E-state index contributed by atoms with van der Waals surface area (Å²) in [6.45, 7) is -0.760. The highest BCUT2D eigenvalue weighted by molar-refractivity contribution is 6.30. The SMILES string of the molecule is O=C(CCCOC(F)(F)F)NNC(=O)[C@H]1CC[C@H](NC(=O)COc2ccc(Cl)cc2)CO1. The van der Waals surface area contributed by atoms with Crippen molar-refractivity contribution in [1.82, 2.24) is 16.2 Å². The largest absolute Gasteiger partial charge is 0.522 e. The van der Waals surface area contributed by atoms with E-state index in [1.54, 1.807) is 24.3 Å². The summed E-state index contributed by atoms with van der Waals surface area (Å²) in [6, 6.07) is 6.25. The van der Waals surface area contributed by atoms with Crippen LogP contribution in [0, 0.1) is 0 Å². The first-order chi connectivity index (χ1) is 15.1. The van der Waals surface area contributed by atoms with E-state index in [2.05, 4.69) is 20.9 Å². The summed E-state index contributed by atoms with van der Waals surface area (Å²) in [5, 5.41) is 3.29. The smallest absolute Gasteiger partial charge is 0.484 e. The monoisotopic (exact) mass is 481 g/mol. The van der Waals surface area contributed by atoms with Gasteiger partial charge in [0.2, 0.25) is 5.91 Å². The number of benzene rings is 1. The van der Waals surface area contributed by atoms with Crippen LogP contribution in [0.25, 0.3) is 0 Å². The number of hydrogen-bond donors (Lipinski definition) is 3. The summed E-state index contributed by atoms with van der Waals surface area (Å²) in [7, 11) is 0. The second-order valence-corrected chi connectivity index (χ2v) is 7.28.